The lowest BCUT2D eigenvalue weighted by molar-refractivity contribution is -0.147. The minimum atomic E-state index is -0.698. The van der Waals surface area contributed by atoms with Crippen molar-refractivity contribution < 1.29 is 9.90 Å². The Morgan fingerprint density at radius 3 is 2.73 bits per heavy atom. The fourth-order valence-corrected chi connectivity index (χ4v) is 1.62. The van der Waals surface area contributed by atoms with Crippen molar-refractivity contribution in [2.24, 2.45) is 5.41 Å². The lowest BCUT2D eigenvalue weighted by Gasteiger charge is -2.24. The number of hydrogen-bond acceptors (Lipinski definition) is 2. The SMILES string of the molecule is CN1CC=C(CCC(C)(C)C(=O)O)CC1. The molecule has 0 unspecified atom stereocenters. The van der Waals surface area contributed by atoms with E-state index in [2.05, 4.69) is 18.0 Å². The van der Waals surface area contributed by atoms with E-state index >= 15 is 0 Å². The highest BCUT2D eigenvalue weighted by molar-refractivity contribution is 5.73. The zero-order chi connectivity index (χ0) is 11.5. The van der Waals surface area contributed by atoms with Gasteiger partial charge in [0, 0.05) is 13.1 Å². The number of hydrogen-bond donors (Lipinski definition) is 1. The van der Waals surface area contributed by atoms with Gasteiger partial charge in [0.25, 0.3) is 0 Å². The van der Waals surface area contributed by atoms with Gasteiger partial charge < -0.3 is 10.0 Å². The molecule has 0 amide bonds. The monoisotopic (exact) mass is 211 g/mol. The molecule has 15 heavy (non-hydrogen) atoms. The standard InChI is InChI=1S/C12H21NO2/c1-12(2,11(14)15)7-4-10-5-8-13(3)9-6-10/h5H,4,6-9H2,1-3H3,(H,14,15). The molecule has 1 aliphatic heterocycles. The van der Waals surface area contributed by atoms with Crippen molar-refractivity contribution in [3.8, 4) is 0 Å². The average molecular weight is 211 g/mol. The molecule has 0 bridgehead atoms. The van der Waals surface area contributed by atoms with Crippen LogP contribution in [0.5, 0.6) is 0 Å². The molecule has 3 heteroatoms. The van der Waals surface area contributed by atoms with E-state index in [0.717, 1.165) is 32.4 Å². The molecule has 0 atom stereocenters. The first kappa shape index (κ1) is 12.2. The van der Waals surface area contributed by atoms with Gasteiger partial charge in [0.2, 0.25) is 0 Å². The van der Waals surface area contributed by atoms with Crippen LogP contribution >= 0.6 is 0 Å². The van der Waals surface area contributed by atoms with Crippen LogP contribution < -0.4 is 0 Å². The van der Waals surface area contributed by atoms with Crippen LogP contribution in [0, 0.1) is 5.41 Å². The Morgan fingerprint density at radius 1 is 1.60 bits per heavy atom. The molecule has 86 valence electrons. The molecular weight excluding hydrogens is 190 g/mol. The first-order valence-corrected chi connectivity index (χ1v) is 5.51. The second-order valence-electron chi connectivity index (χ2n) is 5.06. The third kappa shape index (κ3) is 3.67. The third-order valence-electron chi connectivity index (χ3n) is 3.16. The van der Waals surface area contributed by atoms with Crippen LogP contribution in [0.25, 0.3) is 0 Å². The minimum Gasteiger partial charge on any atom is -0.481 e. The molecule has 0 spiro atoms. The summed E-state index contributed by atoms with van der Waals surface area (Å²) in [5.41, 5.74) is 0.826. The second-order valence-corrected chi connectivity index (χ2v) is 5.06. The van der Waals surface area contributed by atoms with Gasteiger partial charge in [-0.25, -0.2) is 0 Å². The smallest absolute Gasteiger partial charge is 0.309 e. The highest BCUT2D eigenvalue weighted by Crippen LogP contribution is 2.26. The Hall–Kier alpha value is -0.830. The summed E-state index contributed by atoms with van der Waals surface area (Å²) in [6.45, 7) is 5.69. The Morgan fingerprint density at radius 2 is 2.27 bits per heavy atom. The van der Waals surface area contributed by atoms with Crippen LogP contribution in [0.3, 0.4) is 0 Å². The van der Waals surface area contributed by atoms with Crippen molar-refractivity contribution in [2.75, 3.05) is 20.1 Å². The predicted octanol–water partition coefficient (Wildman–Crippen LogP) is 2.14. The van der Waals surface area contributed by atoms with Crippen molar-refractivity contribution in [3.63, 3.8) is 0 Å². The van der Waals surface area contributed by atoms with Crippen molar-refractivity contribution in [1.82, 2.24) is 4.90 Å². The number of likely N-dealkylation sites (N-methyl/N-ethyl adjacent to an activating group) is 1. The van der Waals surface area contributed by atoms with Crippen molar-refractivity contribution in [2.45, 2.75) is 33.1 Å². The summed E-state index contributed by atoms with van der Waals surface area (Å²) in [5, 5.41) is 8.99. The van der Waals surface area contributed by atoms with Crippen LogP contribution in [0.4, 0.5) is 0 Å². The largest absolute Gasteiger partial charge is 0.481 e. The molecular formula is C12H21NO2. The highest BCUT2D eigenvalue weighted by atomic mass is 16.4. The van der Waals surface area contributed by atoms with E-state index in [-0.39, 0.29) is 0 Å². The molecule has 1 aliphatic rings. The van der Waals surface area contributed by atoms with Gasteiger partial charge in [-0.1, -0.05) is 11.6 Å². The number of carboxylic acid groups (broad SMARTS) is 1. The maximum atomic E-state index is 10.9. The number of nitrogens with zero attached hydrogens (tertiary/aromatic N) is 1. The van der Waals surface area contributed by atoms with Crippen molar-refractivity contribution in [3.05, 3.63) is 11.6 Å². The first-order valence-electron chi connectivity index (χ1n) is 5.51. The summed E-state index contributed by atoms with van der Waals surface area (Å²) >= 11 is 0. The van der Waals surface area contributed by atoms with Gasteiger partial charge in [-0.05, 0) is 40.2 Å². The molecule has 0 saturated carbocycles. The minimum absolute atomic E-state index is 0.593. The highest BCUT2D eigenvalue weighted by Gasteiger charge is 2.26. The zero-order valence-electron chi connectivity index (χ0n) is 9.92. The van der Waals surface area contributed by atoms with Gasteiger partial charge in [-0.15, -0.1) is 0 Å². The van der Waals surface area contributed by atoms with Gasteiger partial charge in [-0.2, -0.15) is 0 Å². The molecule has 3 nitrogen and oxygen atoms in total. The van der Waals surface area contributed by atoms with Gasteiger partial charge in [-0.3, -0.25) is 4.79 Å². The fourth-order valence-electron chi connectivity index (χ4n) is 1.62. The van der Waals surface area contributed by atoms with Crippen LogP contribution in [0.15, 0.2) is 11.6 Å². The molecule has 0 fully saturated rings. The maximum absolute atomic E-state index is 10.9. The molecule has 0 radical (unpaired) electrons. The van der Waals surface area contributed by atoms with Crippen LogP contribution in [0.2, 0.25) is 0 Å². The lowest BCUT2D eigenvalue weighted by atomic mass is 9.85. The Bertz CT molecular complexity index is 269. The normalized spacial score (nSPS) is 18.7. The molecule has 1 heterocycles. The number of aliphatic carboxylic acids is 1. The molecule has 0 aromatic rings. The summed E-state index contributed by atoms with van der Waals surface area (Å²) in [6.07, 6.45) is 4.98. The van der Waals surface area contributed by atoms with Crippen molar-refractivity contribution in [1.29, 1.82) is 0 Å². The van der Waals surface area contributed by atoms with E-state index in [9.17, 15) is 4.79 Å². The van der Waals surface area contributed by atoms with Crippen LogP contribution in [-0.2, 0) is 4.79 Å². The molecule has 1 N–H and O–H groups in total. The lowest BCUT2D eigenvalue weighted by Crippen LogP contribution is -2.26. The third-order valence-corrected chi connectivity index (χ3v) is 3.16. The molecule has 0 saturated heterocycles. The van der Waals surface area contributed by atoms with Gasteiger partial charge >= 0.3 is 5.97 Å². The molecule has 1 rings (SSSR count). The topological polar surface area (TPSA) is 40.5 Å². The van der Waals surface area contributed by atoms with Gasteiger partial charge in [0.15, 0.2) is 0 Å². The summed E-state index contributed by atoms with van der Waals surface area (Å²) in [7, 11) is 2.11. The van der Waals surface area contributed by atoms with Crippen LogP contribution in [-0.4, -0.2) is 36.1 Å². The Balaban J connectivity index is 2.41. The summed E-state index contributed by atoms with van der Waals surface area (Å²) in [4.78, 5) is 13.2. The molecule has 0 aromatic carbocycles. The zero-order valence-corrected chi connectivity index (χ0v) is 9.92. The van der Waals surface area contributed by atoms with E-state index in [4.69, 9.17) is 5.11 Å². The van der Waals surface area contributed by atoms with Gasteiger partial charge in [0.1, 0.15) is 0 Å². The summed E-state index contributed by atoms with van der Waals surface area (Å²) in [6, 6.07) is 0. The molecule has 0 aliphatic carbocycles. The van der Waals surface area contributed by atoms with Gasteiger partial charge in [0.05, 0.1) is 5.41 Å². The summed E-state index contributed by atoms with van der Waals surface area (Å²) < 4.78 is 0. The fraction of sp³-hybridized carbons (Fsp3) is 0.750. The summed E-state index contributed by atoms with van der Waals surface area (Å²) in [5.74, 6) is -0.698. The van der Waals surface area contributed by atoms with E-state index in [1.54, 1.807) is 13.8 Å². The van der Waals surface area contributed by atoms with E-state index in [1.165, 1.54) is 5.57 Å². The predicted molar refractivity (Wildman–Crippen MR) is 60.8 cm³/mol. The number of carboxylic acids is 1. The average Bonchev–Trinajstić information content (AvgIpc) is 2.17. The Labute approximate surface area is 91.8 Å². The quantitative estimate of drug-likeness (QED) is 0.724. The van der Waals surface area contributed by atoms with Crippen molar-refractivity contribution >= 4 is 5.97 Å². The number of rotatable bonds is 4. The van der Waals surface area contributed by atoms with Crippen LogP contribution in [0.1, 0.15) is 33.1 Å². The van der Waals surface area contributed by atoms with E-state index in [0.29, 0.717) is 0 Å². The second kappa shape index (κ2) is 4.79. The first-order chi connectivity index (χ1) is 6.92. The maximum Gasteiger partial charge on any atom is 0.309 e. The molecule has 0 aromatic heterocycles. The number of carbonyl (C=O) groups is 1. The van der Waals surface area contributed by atoms with E-state index in [1.807, 2.05) is 0 Å². The van der Waals surface area contributed by atoms with E-state index < -0.39 is 11.4 Å². The Kier molecular flexibility index (Phi) is 3.91.